The zero-order valence-corrected chi connectivity index (χ0v) is 12.6. The van der Waals surface area contributed by atoms with Crippen LogP contribution < -0.4 is 10.6 Å². The number of para-hydroxylation sites is 1. The van der Waals surface area contributed by atoms with Crippen LogP contribution in [0, 0.1) is 16.7 Å². The Labute approximate surface area is 117 Å². The van der Waals surface area contributed by atoms with Gasteiger partial charge in [-0.15, -0.1) is 0 Å². The van der Waals surface area contributed by atoms with Crippen molar-refractivity contribution in [3.05, 3.63) is 29.8 Å². The normalized spacial score (nSPS) is 27.5. The van der Waals surface area contributed by atoms with Crippen LogP contribution in [0.3, 0.4) is 0 Å². The monoisotopic (exact) mass is 258 g/mol. The van der Waals surface area contributed by atoms with E-state index in [1.807, 2.05) is 0 Å². The van der Waals surface area contributed by atoms with E-state index in [-0.39, 0.29) is 0 Å². The van der Waals surface area contributed by atoms with E-state index in [0.29, 0.717) is 22.8 Å². The molecule has 2 aliphatic rings. The van der Waals surface area contributed by atoms with Crippen molar-refractivity contribution < 1.29 is 0 Å². The van der Waals surface area contributed by atoms with Crippen molar-refractivity contribution in [3.8, 4) is 0 Å². The molecule has 1 atom stereocenters. The first-order valence-corrected chi connectivity index (χ1v) is 7.48. The molecule has 1 aliphatic heterocycles. The van der Waals surface area contributed by atoms with Gasteiger partial charge in [0.15, 0.2) is 0 Å². The standard InChI is InChI=1S/C17H26N2/c1-16(2)15(17(16,3)4)19-11-12-9-13-7-5-6-8-14(13)18-10-12/h5-8,12,15,18-19H,9-11H2,1-4H3. The number of hydrogen-bond acceptors (Lipinski definition) is 2. The van der Waals surface area contributed by atoms with Gasteiger partial charge in [-0.25, -0.2) is 0 Å². The summed E-state index contributed by atoms with van der Waals surface area (Å²) in [5.74, 6) is 0.710. The quantitative estimate of drug-likeness (QED) is 0.869. The Bertz CT molecular complexity index is 462. The van der Waals surface area contributed by atoms with Crippen molar-refractivity contribution in [3.63, 3.8) is 0 Å². The lowest BCUT2D eigenvalue weighted by Crippen LogP contribution is -2.35. The number of rotatable bonds is 3. The molecule has 1 unspecified atom stereocenters. The Morgan fingerprint density at radius 1 is 1.16 bits per heavy atom. The minimum atomic E-state index is 0.438. The van der Waals surface area contributed by atoms with Crippen LogP contribution in [0.15, 0.2) is 24.3 Å². The summed E-state index contributed by atoms with van der Waals surface area (Å²) in [7, 11) is 0. The van der Waals surface area contributed by atoms with E-state index in [4.69, 9.17) is 0 Å². The van der Waals surface area contributed by atoms with Gasteiger partial charge in [-0.05, 0) is 34.8 Å². The average Bonchev–Trinajstić information content (AvgIpc) is 2.77. The number of fused-ring (bicyclic) bond motifs is 1. The summed E-state index contributed by atoms with van der Waals surface area (Å²) in [5, 5.41) is 7.36. The Hall–Kier alpha value is -1.02. The van der Waals surface area contributed by atoms with Gasteiger partial charge in [0.2, 0.25) is 0 Å². The smallest absolute Gasteiger partial charge is 0.0372 e. The van der Waals surface area contributed by atoms with Gasteiger partial charge in [-0.3, -0.25) is 0 Å². The molecule has 1 fully saturated rings. The fourth-order valence-electron chi connectivity index (χ4n) is 3.64. The third-order valence-electron chi connectivity index (χ3n) is 5.74. The van der Waals surface area contributed by atoms with Crippen LogP contribution in [0.1, 0.15) is 33.3 Å². The van der Waals surface area contributed by atoms with Crippen LogP contribution >= 0.6 is 0 Å². The molecule has 1 saturated carbocycles. The van der Waals surface area contributed by atoms with Crippen LogP contribution in [0.4, 0.5) is 5.69 Å². The lowest BCUT2D eigenvalue weighted by Gasteiger charge is -2.26. The zero-order chi connectivity index (χ0) is 13.7. The first-order chi connectivity index (χ1) is 8.93. The summed E-state index contributed by atoms with van der Waals surface area (Å²) in [6.07, 6.45) is 1.20. The summed E-state index contributed by atoms with van der Waals surface area (Å²) in [6.45, 7) is 11.7. The first kappa shape index (κ1) is 13.0. The SMILES string of the molecule is CC1(C)C(NCC2CNc3ccccc3C2)C1(C)C. The minimum absolute atomic E-state index is 0.438. The van der Waals surface area contributed by atoms with E-state index < -0.39 is 0 Å². The molecule has 0 spiro atoms. The molecule has 0 aromatic heterocycles. The van der Waals surface area contributed by atoms with Crippen molar-refractivity contribution in [2.75, 3.05) is 18.4 Å². The predicted molar refractivity (Wildman–Crippen MR) is 81.5 cm³/mol. The van der Waals surface area contributed by atoms with E-state index in [1.54, 1.807) is 0 Å². The van der Waals surface area contributed by atoms with Crippen molar-refractivity contribution >= 4 is 5.69 Å². The van der Waals surface area contributed by atoms with Crippen molar-refractivity contribution in [2.45, 2.75) is 40.2 Å². The molecule has 1 aliphatic carbocycles. The molecule has 1 aromatic rings. The van der Waals surface area contributed by atoms with Gasteiger partial charge < -0.3 is 10.6 Å². The lowest BCUT2D eigenvalue weighted by atomic mass is 9.94. The maximum Gasteiger partial charge on any atom is 0.0372 e. The molecule has 0 saturated heterocycles. The molecule has 0 radical (unpaired) electrons. The molecule has 1 heterocycles. The molecule has 104 valence electrons. The highest BCUT2D eigenvalue weighted by Crippen LogP contribution is 2.62. The zero-order valence-electron chi connectivity index (χ0n) is 12.6. The third kappa shape index (κ3) is 2.06. The molecule has 0 amide bonds. The van der Waals surface area contributed by atoms with Gasteiger partial charge in [-0.2, -0.15) is 0 Å². The molecule has 2 nitrogen and oxygen atoms in total. The number of benzene rings is 1. The van der Waals surface area contributed by atoms with E-state index in [1.165, 1.54) is 17.7 Å². The summed E-state index contributed by atoms with van der Waals surface area (Å²) in [6, 6.07) is 9.35. The first-order valence-electron chi connectivity index (χ1n) is 7.48. The maximum atomic E-state index is 3.80. The third-order valence-corrected chi connectivity index (χ3v) is 5.74. The lowest BCUT2D eigenvalue weighted by molar-refractivity contribution is 0.453. The molecule has 0 bridgehead atoms. The largest absolute Gasteiger partial charge is 0.384 e. The van der Waals surface area contributed by atoms with Crippen molar-refractivity contribution in [1.29, 1.82) is 0 Å². The van der Waals surface area contributed by atoms with E-state index >= 15 is 0 Å². The number of nitrogens with one attached hydrogen (secondary N) is 2. The van der Waals surface area contributed by atoms with Crippen LogP contribution in [0.25, 0.3) is 0 Å². The van der Waals surface area contributed by atoms with Gasteiger partial charge in [0, 0.05) is 24.8 Å². The molecule has 2 N–H and O–H groups in total. The highest BCUT2D eigenvalue weighted by atomic mass is 15.0. The Morgan fingerprint density at radius 3 is 2.53 bits per heavy atom. The van der Waals surface area contributed by atoms with Crippen LogP contribution in [-0.2, 0) is 6.42 Å². The molecule has 3 rings (SSSR count). The van der Waals surface area contributed by atoms with Crippen LogP contribution in [-0.4, -0.2) is 19.1 Å². The molecular weight excluding hydrogens is 232 g/mol. The van der Waals surface area contributed by atoms with E-state index in [0.717, 1.165) is 13.1 Å². The van der Waals surface area contributed by atoms with Gasteiger partial charge in [0.1, 0.15) is 0 Å². The Morgan fingerprint density at radius 2 is 1.84 bits per heavy atom. The highest BCUT2D eigenvalue weighted by Gasteiger charge is 2.64. The van der Waals surface area contributed by atoms with E-state index in [2.05, 4.69) is 62.6 Å². The summed E-state index contributed by atoms with van der Waals surface area (Å²) in [4.78, 5) is 0. The summed E-state index contributed by atoms with van der Waals surface area (Å²) in [5.41, 5.74) is 3.67. The molecule has 2 heteroatoms. The average molecular weight is 258 g/mol. The number of hydrogen-bond donors (Lipinski definition) is 2. The van der Waals surface area contributed by atoms with Crippen molar-refractivity contribution in [2.24, 2.45) is 16.7 Å². The van der Waals surface area contributed by atoms with Crippen LogP contribution in [0.2, 0.25) is 0 Å². The van der Waals surface area contributed by atoms with E-state index in [9.17, 15) is 0 Å². The number of anilines is 1. The second-order valence-electron chi connectivity index (χ2n) is 7.39. The highest BCUT2D eigenvalue weighted by molar-refractivity contribution is 5.53. The Kier molecular flexibility index (Phi) is 2.90. The Balaban J connectivity index is 1.57. The van der Waals surface area contributed by atoms with Gasteiger partial charge >= 0.3 is 0 Å². The van der Waals surface area contributed by atoms with Gasteiger partial charge in [-0.1, -0.05) is 45.9 Å². The van der Waals surface area contributed by atoms with Gasteiger partial charge in [0.05, 0.1) is 0 Å². The van der Waals surface area contributed by atoms with Crippen molar-refractivity contribution in [1.82, 2.24) is 5.32 Å². The topological polar surface area (TPSA) is 24.1 Å². The summed E-state index contributed by atoms with van der Waals surface area (Å²) < 4.78 is 0. The summed E-state index contributed by atoms with van der Waals surface area (Å²) >= 11 is 0. The second kappa shape index (κ2) is 4.24. The van der Waals surface area contributed by atoms with Crippen LogP contribution in [0.5, 0.6) is 0 Å². The predicted octanol–water partition coefficient (Wildman–Crippen LogP) is 3.30. The maximum absolute atomic E-state index is 3.80. The fraction of sp³-hybridized carbons (Fsp3) is 0.647. The molecular formula is C17H26N2. The second-order valence-corrected chi connectivity index (χ2v) is 7.39. The van der Waals surface area contributed by atoms with Gasteiger partial charge in [0.25, 0.3) is 0 Å². The fourth-order valence-corrected chi connectivity index (χ4v) is 3.64. The minimum Gasteiger partial charge on any atom is -0.384 e. The molecule has 1 aromatic carbocycles. The molecule has 19 heavy (non-hydrogen) atoms.